The Bertz CT molecular complexity index is 705. The molecule has 3 nitrogen and oxygen atoms in total. The molecular weight excluding hydrogens is 306 g/mol. The van der Waals surface area contributed by atoms with Crippen LogP contribution in [0.4, 0.5) is 5.00 Å². The zero-order chi connectivity index (χ0) is 16.2. The molecule has 0 atom stereocenters. The lowest BCUT2D eigenvalue weighted by molar-refractivity contribution is 0.0526. The van der Waals surface area contributed by atoms with Gasteiger partial charge in [0.25, 0.3) is 0 Å². The molecule has 0 fully saturated rings. The number of ether oxygens (including phenoxy) is 1. The van der Waals surface area contributed by atoms with Crippen LogP contribution in [0.15, 0.2) is 24.3 Å². The van der Waals surface area contributed by atoms with E-state index in [1.807, 2.05) is 13.0 Å². The van der Waals surface area contributed by atoms with E-state index in [9.17, 15) is 4.79 Å². The zero-order valence-corrected chi connectivity index (χ0v) is 14.6. The van der Waals surface area contributed by atoms with E-state index in [1.54, 1.807) is 11.3 Å². The van der Waals surface area contributed by atoms with Gasteiger partial charge in [0.05, 0.1) is 12.2 Å². The number of anilines is 1. The van der Waals surface area contributed by atoms with Crippen molar-refractivity contribution in [3.8, 4) is 0 Å². The molecule has 1 aromatic carbocycles. The molecule has 0 bridgehead atoms. The minimum atomic E-state index is -0.181. The van der Waals surface area contributed by atoms with E-state index in [0.29, 0.717) is 6.61 Å². The van der Waals surface area contributed by atoms with Gasteiger partial charge < -0.3 is 10.1 Å². The fourth-order valence-electron chi connectivity index (χ4n) is 3.09. The van der Waals surface area contributed by atoms with Crippen molar-refractivity contribution in [3.05, 3.63) is 51.4 Å². The SMILES string of the molecule is CCOC(=O)c1c(NCc2ccccc2C)sc2c1CCCC2. The van der Waals surface area contributed by atoms with Crippen molar-refractivity contribution in [1.29, 1.82) is 0 Å². The largest absolute Gasteiger partial charge is 0.462 e. The standard InChI is InChI=1S/C19H23NO2S/c1-3-22-19(21)17-15-10-6-7-11-16(15)23-18(17)20-12-14-9-5-4-8-13(14)2/h4-5,8-9,20H,3,6-7,10-12H2,1-2H3. The second-order valence-corrected chi connectivity index (χ2v) is 7.02. The van der Waals surface area contributed by atoms with Gasteiger partial charge in [0, 0.05) is 11.4 Å². The summed E-state index contributed by atoms with van der Waals surface area (Å²) in [4.78, 5) is 13.8. The summed E-state index contributed by atoms with van der Waals surface area (Å²) >= 11 is 1.73. The van der Waals surface area contributed by atoms with E-state index < -0.39 is 0 Å². The fourth-order valence-corrected chi connectivity index (χ4v) is 4.37. The van der Waals surface area contributed by atoms with Gasteiger partial charge in [0.2, 0.25) is 0 Å². The van der Waals surface area contributed by atoms with Crippen molar-refractivity contribution in [3.63, 3.8) is 0 Å². The van der Waals surface area contributed by atoms with Crippen molar-refractivity contribution in [2.24, 2.45) is 0 Å². The Kier molecular flexibility index (Phi) is 5.01. The molecule has 1 heterocycles. The van der Waals surface area contributed by atoms with Gasteiger partial charge in [-0.25, -0.2) is 4.79 Å². The summed E-state index contributed by atoms with van der Waals surface area (Å²) in [7, 11) is 0. The monoisotopic (exact) mass is 329 g/mol. The smallest absolute Gasteiger partial charge is 0.341 e. The first-order valence-corrected chi connectivity index (χ1v) is 9.12. The molecule has 0 radical (unpaired) electrons. The molecule has 2 aromatic rings. The number of benzene rings is 1. The first-order valence-electron chi connectivity index (χ1n) is 8.30. The van der Waals surface area contributed by atoms with E-state index in [4.69, 9.17) is 4.74 Å². The Balaban J connectivity index is 1.87. The summed E-state index contributed by atoms with van der Waals surface area (Å²) in [6.07, 6.45) is 4.45. The molecule has 0 amide bonds. The summed E-state index contributed by atoms with van der Waals surface area (Å²) in [5.74, 6) is -0.181. The van der Waals surface area contributed by atoms with E-state index in [-0.39, 0.29) is 5.97 Å². The predicted molar refractivity (Wildman–Crippen MR) is 95.4 cm³/mol. The maximum Gasteiger partial charge on any atom is 0.341 e. The second-order valence-electron chi connectivity index (χ2n) is 5.92. The normalized spacial score (nSPS) is 13.5. The van der Waals surface area contributed by atoms with E-state index in [2.05, 4.69) is 30.4 Å². The van der Waals surface area contributed by atoms with E-state index in [1.165, 1.54) is 28.0 Å². The number of nitrogens with one attached hydrogen (secondary N) is 1. The number of fused-ring (bicyclic) bond motifs is 1. The third-order valence-corrected chi connectivity index (χ3v) is 5.60. The highest BCUT2D eigenvalue weighted by atomic mass is 32.1. The lowest BCUT2D eigenvalue weighted by Crippen LogP contribution is -2.12. The van der Waals surface area contributed by atoms with Gasteiger partial charge in [-0.1, -0.05) is 24.3 Å². The topological polar surface area (TPSA) is 38.3 Å². The molecule has 1 aromatic heterocycles. The summed E-state index contributed by atoms with van der Waals surface area (Å²) in [5.41, 5.74) is 4.51. The van der Waals surface area contributed by atoms with Gasteiger partial charge in [0.1, 0.15) is 5.00 Å². The predicted octanol–water partition coefficient (Wildman–Crippen LogP) is 4.72. The Morgan fingerprint density at radius 2 is 2.04 bits per heavy atom. The Labute approximate surface area is 141 Å². The molecule has 3 rings (SSSR count). The molecule has 1 N–H and O–H groups in total. The van der Waals surface area contributed by atoms with Crippen LogP contribution in [0.3, 0.4) is 0 Å². The van der Waals surface area contributed by atoms with E-state index in [0.717, 1.165) is 36.4 Å². The highest BCUT2D eigenvalue weighted by Gasteiger charge is 2.26. The highest BCUT2D eigenvalue weighted by Crippen LogP contribution is 2.38. The van der Waals surface area contributed by atoms with Gasteiger partial charge in [-0.2, -0.15) is 0 Å². The van der Waals surface area contributed by atoms with Crippen molar-refractivity contribution in [2.75, 3.05) is 11.9 Å². The van der Waals surface area contributed by atoms with Gasteiger partial charge in [-0.3, -0.25) is 0 Å². The second kappa shape index (κ2) is 7.18. The summed E-state index contributed by atoms with van der Waals surface area (Å²) in [5, 5.41) is 4.46. The first-order chi connectivity index (χ1) is 11.2. The maximum atomic E-state index is 12.4. The van der Waals surface area contributed by atoms with Crippen LogP contribution in [0.25, 0.3) is 0 Å². The Morgan fingerprint density at radius 1 is 1.26 bits per heavy atom. The average molecular weight is 329 g/mol. The van der Waals surface area contributed by atoms with Crippen LogP contribution in [0, 0.1) is 6.92 Å². The van der Waals surface area contributed by atoms with Crippen LogP contribution >= 0.6 is 11.3 Å². The zero-order valence-electron chi connectivity index (χ0n) is 13.8. The third-order valence-electron chi connectivity index (χ3n) is 4.35. The lowest BCUT2D eigenvalue weighted by Gasteiger charge is -2.12. The average Bonchev–Trinajstić information content (AvgIpc) is 2.92. The molecule has 122 valence electrons. The lowest BCUT2D eigenvalue weighted by atomic mass is 9.95. The Morgan fingerprint density at radius 3 is 2.83 bits per heavy atom. The van der Waals surface area contributed by atoms with Crippen LogP contribution in [0.2, 0.25) is 0 Å². The third kappa shape index (κ3) is 3.42. The molecule has 4 heteroatoms. The van der Waals surface area contributed by atoms with Gasteiger partial charge in [-0.05, 0) is 56.2 Å². The quantitative estimate of drug-likeness (QED) is 0.806. The molecule has 0 unspecified atom stereocenters. The number of carbonyl (C=O) groups excluding carboxylic acids is 1. The van der Waals surface area contributed by atoms with Crippen LogP contribution in [0.1, 0.15) is 51.7 Å². The first kappa shape index (κ1) is 16.1. The number of hydrogen-bond acceptors (Lipinski definition) is 4. The molecule has 1 aliphatic rings. The molecule has 23 heavy (non-hydrogen) atoms. The molecule has 0 saturated heterocycles. The van der Waals surface area contributed by atoms with Crippen LogP contribution in [0.5, 0.6) is 0 Å². The minimum Gasteiger partial charge on any atom is -0.462 e. The van der Waals surface area contributed by atoms with Gasteiger partial charge >= 0.3 is 5.97 Å². The molecule has 0 saturated carbocycles. The van der Waals surface area contributed by atoms with Gasteiger partial charge in [0.15, 0.2) is 0 Å². The number of thiophene rings is 1. The molecule has 1 aliphatic carbocycles. The van der Waals surface area contributed by atoms with Crippen molar-refractivity contribution in [1.82, 2.24) is 0 Å². The van der Waals surface area contributed by atoms with E-state index >= 15 is 0 Å². The number of aryl methyl sites for hydroxylation is 2. The van der Waals surface area contributed by atoms with Crippen LogP contribution in [-0.4, -0.2) is 12.6 Å². The van der Waals surface area contributed by atoms with Crippen molar-refractivity contribution < 1.29 is 9.53 Å². The number of hydrogen-bond donors (Lipinski definition) is 1. The molecular formula is C19H23NO2S. The minimum absolute atomic E-state index is 0.181. The summed E-state index contributed by atoms with van der Waals surface area (Å²) in [6.45, 7) is 5.12. The van der Waals surface area contributed by atoms with Crippen molar-refractivity contribution >= 4 is 22.3 Å². The number of esters is 1. The summed E-state index contributed by atoms with van der Waals surface area (Å²) < 4.78 is 5.30. The highest BCUT2D eigenvalue weighted by molar-refractivity contribution is 7.16. The fraction of sp³-hybridized carbons (Fsp3) is 0.421. The van der Waals surface area contributed by atoms with Gasteiger partial charge in [-0.15, -0.1) is 11.3 Å². The Hall–Kier alpha value is -1.81. The van der Waals surface area contributed by atoms with Crippen molar-refractivity contribution in [2.45, 2.75) is 46.1 Å². The maximum absolute atomic E-state index is 12.4. The number of rotatable bonds is 5. The summed E-state index contributed by atoms with van der Waals surface area (Å²) in [6, 6.07) is 8.34. The van der Waals surface area contributed by atoms with Crippen LogP contribution < -0.4 is 5.32 Å². The molecule has 0 spiro atoms. The molecule has 0 aliphatic heterocycles. The van der Waals surface area contributed by atoms with Crippen LogP contribution in [-0.2, 0) is 24.1 Å². The number of carbonyl (C=O) groups is 1.